The Morgan fingerprint density at radius 3 is 2.09 bits per heavy atom. The summed E-state index contributed by atoms with van der Waals surface area (Å²) in [7, 11) is 4.84. The van der Waals surface area contributed by atoms with E-state index in [9.17, 15) is 0 Å². The molecule has 122 valence electrons. The van der Waals surface area contributed by atoms with Crippen molar-refractivity contribution in [3.8, 4) is 28.7 Å². The molecule has 0 bridgehead atoms. The first-order valence-electron chi connectivity index (χ1n) is 7.22. The maximum atomic E-state index is 5.75. The molecule has 0 amide bonds. The highest BCUT2D eigenvalue weighted by Crippen LogP contribution is 2.45. The highest BCUT2D eigenvalue weighted by atomic mass is 16.6. The lowest BCUT2D eigenvalue weighted by Gasteiger charge is -2.23. The van der Waals surface area contributed by atoms with Crippen LogP contribution in [0.5, 0.6) is 28.7 Å². The molecule has 1 aliphatic rings. The number of hydrogen-bond acceptors (Lipinski definition) is 6. The van der Waals surface area contributed by atoms with Crippen molar-refractivity contribution < 1.29 is 23.7 Å². The fourth-order valence-corrected chi connectivity index (χ4v) is 2.41. The highest BCUT2D eigenvalue weighted by molar-refractivity contribution is 5.74. The summed E-state index contributed by atoms with van der Waals surface area (Å²) in [6, 6.07) is 9.30. The molecule has 0 aromatic heterocycles. The van der Waals surface area contributed by atoms with Gasteiger partial charge in [-0.05, 0) is 12.1 Å². The SMILES string of the molecule is COc1cc(Nc2ccc(OC)c3c2OCCO3)cc(OC)c1. The summed E-state index contributed by atoms with van der Waals surface area (Å²) in [6.07, 6.45) is 0. The lowest BCUT2D eigenvalue weighted by Crippen LogP contribution is -2.17. The van der Waals surface area contributed by atoms with E-state index in [-0.39, 0.29) is 0 Å². The topological polar surface area (TPSA) is 58.2 Å². The van der Waals surface area contributed by atoms with Crippen molar-refractivity contribution in [2.45, 2.75) is 0 Å². The molecule has 2 aromatic carbocycles. The van der Waals surface area contributed by atoms with Crippen LogP contribution in [-0.4, -0.2) is 34.5 Å². The van der Waals surface area contributed by atoms with Gasteiger partial charge in [0.2, 0.25) is 5.75 Å². The Morgan fingerprint density at radius 2 is 1.48 bits per heavy atom. The predicted octanol–water partition coefficient (Wildman–Crippen LogP) is 3.23. The maximum Gasteiger partial charge on any atom is 0.205 e. The Kier molecular flexibility index (Phi) is 4.32. The number of hydrogen-bond donors (Lipinski definition) is 1. The number of benzene rings is 2. The first kappa shape index (κ1) is 15.1. The molecular weight excluding hydrogens is 298 g/mol. The smallest absolute Gasteiger partial charge is 0.205 e. The fourth-order valence-electron chi connectivity index (χ4n) is 2.41. The van der Waals surface area contributed by atoms with Gasteiger partial charge in [0.25, 0.3) is 0 Å². The van der Waals surface area contributed by atoms with Crippen LogP contribution in [0.4, 0.5) is 11.4 Å². The van der Waals surface area contributed by atoms with E-state index in [4.69, 9.17) is 23.7 Å². The molecule has 0 spiro atoms. The molecule has 3 rings (SSSR count). The molecule has 1 aliphatic heterocycles. The minimum atomic E-state index is 0.496. The number of anilines is 2. The number of fused-ring (bicyclic) bond motifs is 1. The predicted molar refractivity (Wildman–Crippen MR) is 86.8 cm³/mol. The maximum absolute atomic E-state index is 5.75. The summed E-state index contributed by atoms with van der Waals surface area (Å²) in [5.74, 6) is 3.29. The van der Waals surface area contributed by atoms with E-state index in [1.165, 1.54) is 0 Å². The number of rotatable bonds is 5. The largest absolute Gasteiger partial charge is 0.497 e. The standard InChI is InChI=1S/C17H19NO5/c1-19-12-8-11(9-13(10-12)20-2)18-14-4-5-15(21-3)17-16(14)22-6-7-23-17/h4-5,8-10,18H,6-7H2,1-3H3. The third kappa shape index (κ3) is 3.06. The summed E-state index contributed by atoms with van der Waals surface area (Å²) in [5, 5.41) is 3.31. The van der Waals surface area contributed by atoms with Crippen LogP contribution in [0.3, 0.4) is 0 Å². The minimum absolute atomic E-state index is 0.496. The first-order valence-corrected chi connectivity index (χ1v) is 7.22. The van der Waals surface area contributed by atoms with Crippen molar-refractivity contribution in [1.29, 1.82) is 0 Å². The van der Waals surface area contributed by atoms with Crippen LogP contribution in [0.1, 0.15) is 0 Å². The van der Waals surface area contributed by atoms with Crippen molar-refractivity contribution in [2.24, 2.45) is 0 Å². The molecule has 1 N–H and O–H groups in total. The van der Waals surface area contributed by atoms with E-state index in [1.54, 1.807) is 21.3 Å². The molecule has 2 aromatic rings. The second-order valence-electron chi connectivity index (χ2n) is 4.90. The molecule has 0 aliphatic carbocycles. The lowest BCUT2D eigenvalue weighted by molar-refractivity contribution is 0.166. The third-order valence-electron chi connectivity index (χ3n) is 3.50. The third-order valence-corrected chi connectivity index (χ3v) is 3.50. The van der Waals surface area contributed by atoms with Crippen molar-refractivity contribution >= 4 is 11.4 Å². The normalized spacial score (nSPS) is 12.5. The van der Waals surface area contributed by atoms with Gasteiger partial charge in [-0.1, -0.05) is 0 Å². The summed E-state index contributed by atoms with van der Waals surface area (Å²) in [4.78, 5) is 0. The van der Waals surface area contributed by atoms with Crippen LogP contribution in [0.15, 0.2) is 30.3 Å². The summed E-state index contributed by atoms with van der Waals surface area (Å²) >= 11 is 0. The van der Waals surface area contributed by atoms with Crippen LogP contribution in [0, 0.1) is 0 Å². The monoisotopic (exact) mass is 317 g/mol. The lowest BCUT2D eigenvalue weighted by atomic mass is 10.2. The van der Waals surface area contributed by atoms with Gasteiger partial charge in [0.05, 0.1) is 27.0 Å². The number of nitrogens with one attached hydrogen (secondary N) is 1. The zero-order valence-electron chi connectivity index (χ0n) is 13.3. The number of methoxy groups -OCH3 is 3. The molecule has 1 heterocycles. The van der Waals surface area contributed by atoms with E-state index < -0.39 is 0 Å². The molecule has 6 nitrogen and oxygen atoms in total. The van der Waals surface area contributed by atoms with Gasteiger partial charge in [-0.25, -0.2) is 0 Å². The van der Waals surface area contributed by atoms with Gasteiger partial charge < -0.3 is 29.0 Å². The Balaban J connectivity index is 1.97. The van der Waals surface area contributed by atoms with Gasteiger partial charge in [-0.15, -0.1) is 0 Å². The average molecular weight is 317 g/mol. The fraction of sp³-hybridized carbons (Fsp3) is 0.294. The van der Waals surface area contributed by atoms with Crippen molar-refractivity contribution in [3.63, 3.8) is 0 Å². The Bertz CT molecular complexity index is 679. The zero-order valence-corrected chi connectivity index (χ0v) is 13.3. The second kappa shape index (κ2) is 6.56. The van der Waals surface area contributed by atoms with Gasteiger partial charge in [0.1, 0.15) is 24.7 Å². The molecule has 23 heavy (non-hydrogen) atoms. The van der Waals surface area contributed by atoms with Crippen molar-refractivity contribution in [3.05, 3.63) is 30.3 Å². The van der Waals surface area contributed by atoms with Crippen molar-refractivity contribution in [2.75, 3.05) is 39.9 Å². The van der Waals surface area contributed by atoms with Gasteiger partial charge >= 0.3 is 0 Å². The van der Waals surface area contributed by atoms with E-state index >= 15 is 0 Å². The van der Waals surface area contributed by atoms with Crippen LogP contribution in [0.25, 0.3) is 0 Å². The Hall–Kier alpha value is -2.76. The van der Waals surface area contributed by atoms with Crippen LogP contribution in [-0.2, 0) is 0 Å². The molecule has 0 saturated carbocycles. The van der Waals surface area contributed by atoms with Gasteiger partial charge in [-0.2, -0.15) is 0 Å². The quantitative estimate of drug-likeness (QED) is 0.914. The zero-order chi connectivity index (χ0) is 16.2. The molecule has 0 radical (unpaired) electrons. The Morgan fingerprint density at radius 1 is 0.826 bits per heavy atom. The van der Waals surface area contributed by atoms with Gasteiger partial charge in [-0.3, -0.25) is 0 Å². The average Bonchev–Trinajstić information content (AvgIpc) is 2.61. The minimum Gasteiger partial charge on any atom is -0.497 e. The van der Waals surface area contributed by atoms with E-state index in [1.807, 2.05) is 30.3 Å². The Labute approximate surface area is 134 Å². The summed E-state index contributed by atoms with van der Waals surface area (Å²) in [5.41, 5.74) is 1.61. The van der Waals surface area contributed by atoms with E-state index in [0.717, 1.165) is 11.4 Å². The van der Waals surface area contributed by atoms with Gasteiger partial charge in [0.15, 0.2) is 11.5 Å². The van der Waals surface area contributed by atoms with Crippen molar-refractivity contribution in [1.82, 2.24) is 0 Å². The van der Waals surface area contributed by atoms with Crippen LogP contribution in [0.2, 0.25) is 0 Å². The van der Waals surface area contributed by atoms with Crippen LogP contribution < -0.4 is 29.0 Å². The van der Waals surface area contributed by atoms with E-state index in [2.05, 4.69) is 5.32 Å². The molecule has 0 atom stereocenters. The van der Waals surface area contributed by atoms with Gasteiger partial charge in [0, 0.05) is 23.9 Å². The highest BCUT2D eigenvalue weighted by Gasteiger charge is 2.21. The van der Waals surface area contributed by atoms with Crippen LogP contribution >= 0.6 is 0 Å². The molecule has 0 saturated heterocycles. The molecule has 0 unspecified atom stereocenters. The summed E-state index contributed by atoms with van der Waals surface area (Å²) < 4.78 is 27.3. The molecule has 0 fully saturated rings. The second-order valence-corrected chi connectivity index (χ2v) is 4.90. The molecule has 6 heteroatoms. The number of ether oxygens (including phenoxy) is 5. The van der Waals surface area contributed by atoms with E-state index in [0.29, 0.717) is 42.0 Å². The molecular formula is C17H19NO5. The summed E-state index contributed by atoms with van der Waals surface area (Å²) in [6.45, 7) is 0.996. The first-order chi connectivity index (χ1) is 11.2.